The van der Waals surface area contributed by atoms with Crippen LogP contribution >= 0.6 is 15.9 Å². The Hall–Kier alpha value is -0.700. The Morgan fingerprint density at radius 3 is 2.75 bits per heavy atom. The molecule has 0 heterocycles. The highest BCUT2D eigenvalue weighted by molar-refractivity contribution is 9.09. The molecule has 3 heteroatoms. The molecule has 0 aliphatic rings. The molecule has 0 saturated heterocycles. The number of rotatable bonds is 2. The summed E-state index contributed by atoms with van der Waals surface area (Å²) in [5, 5.41) is 0. The third-order valence-electron chi connectivity index (χ3n) is 1.62. The van der Waals surface area contributed by atoms with Gasteiger partial charge in [-0.05, 0) is 24.1 Å². The zero-order chi connectivity index (χ0) is 9.14. The maximum absolute atomic E-state index is 12.8. The number of carbonyl (C=O) groups is 1. The monoisotopic (exact) mass is 230 g/mol. The van der Waals surface area contributed by atoms with E-state index in [1.807, 2.05) is 0 Å². The molecule has 0 N–H and O–H groups in total. The first-order valence-corrected chi connectivity index (χ1v) is 4.42. The Labute approximate surface area is 78.7 Å². The second kappa shape index (κ2) is 3.81. The van der Waals surface area contributed by atoms with E-state index in [1.165, 1.54) is 6.07 Å². The molecule has 0 radical (unpaired) electrons. The Morgan fingerprint density at radius 2 is 2.25 bits per heavy atom. The van der Waals surface area contributed by atoms with E-state index < -0.39 is 0 Å². The predicted molar refractivity (Wildman–Crippen MR) is 48.9 cm³/mol. The summed E-state index contributed by atoms with van der Waals surface area (Å²) in [6.07, 6.45) is 0.771. The van der Waals surface area contributed by atoms with Gasteiger partial charge in [-0.15, -0.1) is 0 Å². The van der Waals surface area contributed by atoms with Crippen LogP contribution in [0.15, 0.2) is 18.2 Å². The molecule has 0 saturated carbocycles. The van der Waals surface area contributed by atoms with Crippen molar-refractivity contribution in [2.75, 3.05) is 0 Å². The van der Waals surface area contributed by atoms with E-state index in [9.17, 15) is 9.18 Å². The molecule has 1 aromatic carbocycles. The molecule has 1 aromatic rings. The van der Waals surface area contributed by atoms with Gasteiger partial charge in [0.1, 0.15) is 12.1 Å². The van der Waals surface area contributed by atoms with Crippen LogP contribution in [0.25, 0.3) is 0 Å². The van der Waals surface area contributed by atoms with Crippen LogP contribution in [0.1, 0.15) is 16.0 Å². The number of benzene rings is 1. The van der Waals surface area contributed by atoms with Gasteiger partial charge < -0.3 is 4.79 Å². The molecule has 0 amide bonds. The van der Waals surface area contributed by atoms with Gasteiger partial charge in [0, 0.05) is 0 Å². The van der Waals surface area contributed by atoms with Crippen molar-refractivity contribution >= 4 is 22.2 Å². The van der Waals surface area contributed by atoms with Crippen LogP contribution in [0.3, 0.4) is 0 Å². The quantitative estimate of drug-likeness (QED) is 0.565. The van der Waals surface area contributed by atoms with Crippen molar-refractivity contribution in [3.63, 3.8) is 0 Å². The maximum Gasteiger partial charge on any atom is 0.138 e. The van der Waals surface area contributed by atoms with Crippen molar-refractivity contribution in [2.24, 2.45) is 0 Å². The number of alkyl halides is 1. The minimum Gasteiger partial charge on any atom is -0.302 e. The van der Waals surface area contributed by atoms with Gasteiger partial charge in [0.05, 0.1) is 4.83 Å². The van der Waals surface area contributed by atoms with E-state index in [2.05, 4.69) is 15.9 Å². The van der Waals surface area contributed by atoms with Gasteiger partial charge in [-0.1, -0.05) is 28.1 Å². The third kappa shape index (κ3) is 1.91. The Morgan fingerprint density at radius 1 is 1.58 bits per heavy atom. The number of hydrogen-bond acceptors (Lipinski definition) is 1. The largest absolute Gasteiger partial charge is 0.302 e. The lowest BCUT2D eigenvalue weighted by atomic mass is 10.1. The summed E-state index contributed by atoms with van der Waals surface area (Å²) in [6, 6.07) is 4.61. The lowest BCUT2D eigenvalue weighted by molar-refractivity contribution is -0.107. The molecule has 1 nitrogen and oxygen atoms in total. The van der Waals surface area contributed by atoms with Crippen molar-refractivity contribution in [1.29, 1.82) is 0 Å². The van der Waals surface area contributed by atoms with Crippen LogP contribution in [-0.4, -0.2) is 6.29 Å². The van der Waals surface area contributed by atoms with Crippen molar-refractivity contribution in [1.82, 2.24) is 0 Å². The summed E-state index contributed by atoms with van der Waals surface area (Å²) >= 11 is 3.15. The van der Waals surface area contributed by atoms with Crippen LogP contribution in [0.5, 0.6) is 0 Å². The van der Waals surface area contributed by atoms with Crippen molar-refractivity contribution < 1.29 is 9.18 Å². The van der Waals surface area contributed by atoms with Crippen LogP contribution in [0, 0.1) is 12.7 Å². The Bertz CT molecular complexity index is 299. The van der Waals surface area contributed by atoms with Crippen molar-refractivity contribution in [3.05, 3.63) is 35.1 Å². The smallest absolute Gasteiger partial charge is 0.138 e. The highest BCUT2D eigenvalue weighted by Crippen LogP contribution is 2.21. The molecule has 1 unspecified atom stereocenters. The van der Waals surface area contributed by atoms with Crippen molar-refractivity contribution in [2.45, 2.75) is 11.8 Å². The molecule has 1 atom stereocenters. The second-order valence-corrected chi connectivity index (χ2v) is 3.53. The first kappa shape index (κ1) is 9.39. The molecule has 12 heavy (non-hydrogen) atoms. The SMILES string of the molecule is Cc1cc(C(Br)C=O)ccc1F. The number of aldehydes is 1. The van der Waals surface area contributed by atoms with Crippen LogP contribution in [-0.2, 0) is 4.79 Å². The molecule has 1 rings (SSSR count). The summed E-state index contributed by atoms with van der Waals surface area (Å²) in [7, 11) is 0. The normalized spacial score (nSPS) is 12.6. The summed E-state index contributed by atoms with van der Waals surface area (Å²) in [6.45, 7) is 1.67. The highest BCUT2D eigenvalue weighted by Gasteiger charge is 2.06. The van der Waals surface area contributed by atoms with E-state index >= 15 is 0 Å². The van der Waals surface area contributed by atoms with Crippen LogP contribution in [0.2, 0.25) is 0 Å². The van der Waals surface area contributed by atoms with Gasteiger partial charge >= 0.3 is 0 Å². The maximum atomic E-state index is 12.8. The lowest BCUT2D eigenvalue weighted by Crippen LogP contribution is -1.92. The third-order valence-corrected chi connectivity index (χ3v) is 2.36. The van der Waals surface area contributed by atoms with E-state index in [1.54, 1.807) is 19.1 Å². The fraction of sp³-hybridized carbons (Fsp3) is 0.222. The number of hydrogen-bond donors (Lipinski definition) is 0. The molecule has 0 spiro atoms. The molecule has 0 aliphatic heterocycles. The van der Waals surface area contributed by atoms with Gasteiger partial charge in [0.2, 0.25) is 0 Å². The van der Waals surface area contributed by atoms with Gasteiger partial charge in [-0.3, -0.25) is 0 Å². The van der Waals surface area contributed by atoms with E-state index in [0.29, 0.717) is 5.56 Å². The van der Waals surface area contributed by atoms with Gasteiger partial charge in [-0.25, -0.2) is 4.39 Å². The average Bonchev–Trinajstić information content (AvgIpc) is 2.08. The molecular formula is C9H8BrFO. The summed E-state index contributed by atoms with van der Waals surface area (Å²) in [4.78, 5) is 10.0. The predicted octanol–water partition coefficient (Wildman–Crippen LogP) is 2.77. The topological polar surface area (TPSA) is 17.1 Å². The van der Waals surface area contributed by atoms with E-state index in [-0.39, 0.29) is 10.6 Å². The summed E-state index contributed by atoms with van der Waals surface area (Å²) < 4.78 is 12.8. The first-order valence-electron chi connectivity index (χ1n) is 3.50. The minimum absolute atomic E-state index is 0.246. The van der Waals surface area contributed by atoms with Gasteiger partial charge in [0.15, 0.2) is 0 Å². The van der Waals surface area contributed by atoms with Crippen molar-refractivity contribution in [3.8, 4) is 0 Å². The van der Waals surface area contributed by atoms with E-state index in [4.69, 9.17) is 0 Å². The number of aryl methyl sites for hydroxylation is 1. The molecular weight excluding hydrogens is 223 g/mol. The fourth-order valence-electron chi connectivity index (χ4n) is 0.918. The lowest BCUT2D eigenvalue weighted by Gasteiger charge is -2.03. The van der Waals surface area contributed by atoms with E-state index in [0.717, 1.165) is 11.8 Å². The molecule has 0 aromatic heterocycles. The second-order valence-electron chi connectivity index (χ2n) is 2.55. The van der Waals surface area contributed by atoms with Crippen LogP contribution in [0.4, 0.5) is 4.39 Å². The number of carbonyl (C=O) groups excluding carboxylic acids is 1. The highest BCUT2D eigenvalue weighted by atomic mass is 79.9. The first-order chi connectivity index (χ1) is 5.65. The summed E-state index contributed by atoms with van der Waals surface area (Å²) in [5.74, 6) is -0.246. The fourth-order valence-corrected chi connectivity index (χ4v) is 1.20. The zero-order valence-electron chi connectivity index (χ0n) is 6.55. The van der Waals surface area contributed by atoms with Crippen LogP contribution < -0.4 is 0 Å². The molecule has 0 aliphatic carbocycles. The Balaban J connectivity index is 3.04. The summed E-state index contributed by atoms with van der Waals surface area (Å²) in [5.41, 5.74) is 1.34. The standard InChI is InChI=1S/C9H8BrFO/c1-6-4-7(8(10)5-12)2-3-9(6)11/h2-5,8H,1H3. The van der Waals surface area contributed by atoms with Gasteiger partial charge in [0.25, 0.3) is 0 Å². The minimum atomic E-state index is -0.336. The molecule has 64 valence electrons. The zero-order valence-corrected chi connectivity index (χ0v) is 8.14. The molecule has 0 bridgehead atoms. The molecule has 0 fully saturated rings. The average molecular weight is 231 g/mol. The Kier molecular flexibility index (Phi) is 2.98. The number of halogens is 2. The van der Waals surface area contributed by atoms with Gasteiger partial charge in [-0.2, -0.15) is 0 Å².